The second kappa shape index (κ2) is 12.9. The Balaban J connectivity index is 1.45. The summed E-state index contributed by atoms with van der Waals surface area (Å²) in [6, 6.07) is 11.0. The molecule has 0 radical (unpaired) electrons. The number of nitrogens with one attached hydrogen (secondary N) is 4. The second-order valence-electron chi connectivity index (χ2n) is 9.91. The Hall–Kier alpha value is -5.04. The Bertz CT molecular complexity index is 1650. The van der Waals surface area contributed by atoms with Crippen LogP contribution in [-0.2, 0) is 14.3 Å². The Morgan fingerprint density at radius 1 is 1.09 bits per heavy atom. The van der Waals surface area contributed by atoms with Crippen molar-refractivity contribution in [3.8, 4) is 16.9 Å². The van der Waals surface area contributed by atoms with Gasteiger partial charge in [0.25, 0.3) is 5.91 Å². The molecule has 2 aromatic heterocycles. The molecule has 0 saturated carbocycles. The number of aromatic nitrogens is 4. The standard InChI is InChI=1S/C29H31ClN8O5/c1-42-28(40)22-9-4-3-8-21(37-27(39)20-14-33-38(25(20)31)18-7-5-6-16(30)12-18)26-32-15-24(36-26)19-11-10-17(13-23(19)35-22)34-29(41)43-2/h5-7,10-15,21-22,35H,3-4,8-9,31H2,1-2H3,(H,32,36)(H,34,41)(H,37,39)/t21-,22+/m0/s1. The maximum absolute atomic E-state index is 13.4. The van der Waals surface area contributed by atoms with Crippen molar-refractivity contribution in [1.29, 1.82) is 0 Å². The van der Waals surface area contributed by atoms with E-state index in [2.05, 4.69) is 26.0 Å². The number of hydrogen-bond acceptors (Lipinski definition) is 9. The fourth-order valence-corrected chi connectivity index (χ4v) is 5.11. The summed E-state index contributed by atoms with van der Waals surface area (Å²) in [6.45, 7) is 0. The molecular weight excluding hydrogens is 576 g/mol. The summed E-state index contributed by atoms with van der Waals surface area (Å²) in [5.74, 6) is -0.106. The zero-order valence-corrected chi connectivity index (χ0v) is 24.3. The zero-order valence-electron chi connectivity index (χ0n) is 23.5. The van der Waals surface area contributed by atoms with Gasteiger partial charge in [0.2, 0.25) is 0 Å². The van der Waals surface area contributed by atoms with E-state index < -0.39 is 30.1 Å². The molecule has 1 aliphatic rings. The van der Waals surface area contributed by atoms with E-state index in [-0.39, 0.29) is 11.4 Å². The number of imidazole rings is 1. The molecule has 0 saturated heterocycles. The number of fused-ring (bicyclic) bond motifs is 4. The number of carbonyl (C=O) groups excluding carboxylic acids is 3. The molecular formula is C29H31ClN8O5. The summed E-state index contributed by atoms with van der Waals surface area (Å²) in [4.78, 5) is 45.9. The predicted octanol–water partition coefficient (Wildman–Crippen LogP) is 4.67. The van der Waals surface area contributed by atoms with Gasteiger partial charge >= 0.3 is 12.1 Å². The summed E-state index contributed by atoms with van der Waals surface area (Å²) in [7, 11) is 2.61. The van der Waals surface area contributed by atoms with Crippen LogP contribution in [0, 0.1) is 0 Å². The zero-order chi connectivity index (χ0) is 30.5. The highest BCUT2D eigenvalue weighted by atomic mass is 35.5. The van der Waals surface area contributed by atoms with Gasteiger partial charge in [-0.25, -0.2) is 19.3 Å². The van der Waals surface area contributed by atoms with Crippen LogP contribution >= 0.6 is 11.6 Å². The number of aromatic amines is 1. The van der Waals surface area contributed by atoms with E-state index in [0.29, 0.717) is 64.8 Å². The number of carbonyl (C=O) groups is 3. The average molecular weight is 607 g/mol. The number of halogens is 1. The molecule has 2 aromatic carbocycles. The first-order valence-electron chi connectivity index (χ1n) is 13.6. The van der Waals surface area contributed by atoms with Crippen LogP contribution in [0.15, 0.2) is 54.9 Å². The maximum Gasteiger partial charge on any atom is 0.411 e. The second-order valence-corrected chi connectivity index (χ2v) is 10.4. The third kappa shape index (κ3) is 6.56. The third-order valence-electron chi connectivity index (χ3n) is 7.12. The quantitative estimate of drug-likeness (QED) is 0.202. The number of nitrogens with two attached hydrogens (primary N) is 1. The molecule has 0 unspecified atom stereocenters. The largest absolute Gasteiger partial charge is 0.467 e. The first-order chi connectivity index (χ1) is 20.8. The molecule has 0 aliphatic carbocycles. The van der Waals surface area contributed by atoms with E-state index in [9.17, 15) is 14.4 Å². The van der Waals surface area contributed by atoms with Crippen LogP contribution in [-0.4, -0.2) is 58.0 Å². The third-order valence-corrected chi connectivity index (χ3v) is 7.35. The minimum atomic E-state index is -0.653. The highest BCUT2D eigenvalue weighted by Gasteiger charge is 2.26. The Morgan fingerprint density at radius 2 is 1.91 bits per heavy atom. The van der Waals surface area contributed by atoms with Crippen molar-refractivity contribution in [3.05, 3.63) is 71.3 Å². The van der Waals surface area contributed by atoms with Crippen molar-refractivity contribution in [2.24, 2.45) is 0 Å². The van der Waals surface area contributed by atoms with Crippen molar-refractivity contribution < 1.29 is 23.9 Å². The van der Waals surface area contributed by atoms with Crippen LogP contribution in [0.25, 0.3) is 16.9 Å². The summed E-state index contributed by atoms with van der Waals surface area (Å²) in [6.07, 6.45) is 4.85. The van der Waals surface area contributed by atoms with Gasteiger partial charge in [-0.3, -0.25) is 10.1 Å². The van der Waals surface area contributed by atoms with Crippen LogP contribution in [0.2, 0.25) is 5.02 Å². The van der Waals surface area contributed by atoms with Gasteiger partial charge in [-0.05, 0) is 49.2 Å². The van der Waals surface area contributed by atoms with Gasteiger partial charge in [-0.1, -0.05) is 30.5 Å². The number of nitrogens with zero attached hydrogens (tertiary/aromatic N) is 3. The fourth-order valence-electron chi connectivity index (χ4n) is 4.92. The minimum absolute atomic E-state index is 0.172. The normalized spacial score (nSPS) is 16.4. The van der Waals surface area contributed by atoms with Crippen LogP contribution in [0.5, 0.6) is 0 Å². The van der Waals surface area contributed by atoms with Crippen molar-refractivity contribution in [3.63, 3.8) is 0 Å². The van der Waals surface area contributed by atoms with E-state index in [1.165, 1.54) is 25.1 Å². The monoisotopic (exact) mass is 606 g/mol. The number of esters is 1. The number of ether oxygens (including phenoxy) is 2. The SMILES string of the molecule is COC(=O)Nc1ccc2c(c1)N[C@@H](C(=O)OC)CCCC[C@H](NC(=O)c1cnn(-c3cccc(Cl)c3)c1N)c1nc-2c[nH]1. The molecule has 13 nitrogen and oxygen atoms in total. The van der Waals surface area contributed by atoms with E-state index in [1.807, 2.05) is 0 Å². The molecule has 14 heteroatoms. The molecule has 2 bridgehead atoms. The Kier molecular flexibility index (Phi) is 8.81. The molecule has 224 valence electrons. The maximum atomic E-state index is 13.4. The molecule has 5 rings (SSSR count). The van der Waals surface area contributed by atoms with E-state index in [1.54, 1.807) is 48.7 Å². The van der Waals surface area contributed by atoms with Gasteiger partial charge in [0, 0.05) is 28.2 Å². The molecule has 43 heavy (non-hydrogen) atoms. The van der Waals surface area contributed by atoms with Crippen molar-refractivity contribution in [2.75, 3.05) is 30.6 Å². The predicted molar refractivity (Wildman–Crippen MR) is 161 cm³/mol. The highest BCUT2D eigenvalue weighted by Crippen LogP contribution is 2.33. The smallest absolute Gasteiger partial charge is 0.411 e. The van der Waals surface area contributed by atoms with Crippen LogP contribution in [0.4, 0.5) is 22.0 Å². The Labute approximate surface area is 252 Å². The van der Waals surface area contributed by atoms with Crippen molar-refractivity contribution in [1.82, 2.24) is 25.1 Å². The van der Waals surface area contributed by atoms with E-state index >= 15 is 0 Å². The van der Waals surface area contributed by atoms with Crippen LogP contribution in [0.3, 0.4) is 0 Å². The molecule has 1 aliphatic heterocycles. The number of benzene rings is 2. The number of rotatable bonds is 5. The number of H-pyrrole nitrogens is 1. The first kappa shape index (κ1) is 29.5. The molecule has 6 N–H and O–H groups in total. The van der Waals surface area contributed by atoms with Crippen molar-refractivity contribution in [2.45, 2.75) is 37.8 Å². The molecule has 0 fully saturated rings. The van der Waals surface area contributed by atoms with Gasteiger partial charge in [0.05, 0.1) is 37.8 Å². The van der Waals surface area contributed by atoms with Crippen LogP contribution in [0.1, 0.15) is 47.9 Å². The Morgan fingerprint density at radius 3 is 2.67 bits per heavy atom. The number of anilines is 3. The van der Waals surface area contributed by atoms with Crippen molar-refractivity contribution >= 4 is 46.8 Å². The summed E-state index contributed by atoms with van der Waals surface area (Å²) in [5, 5.41) is 13.8. The van der Waals surface area contributed by atoms with Gasteiger partial charge in [-0.2, -0.15) is 5.10 Å². The average Bonchev–Trinajstić information content (AvgIpc) is 3.64. The van der Waals surface area contributed by atoms with Gasteiger partial charge in [0.1, 0.15) is 23.2 Å². The molecule has 3 heterocycles. The lowest BCUT2D eigenvalue weighted by Crippen LogP contribution is -2.32. The lowest BCUT2D eigenvalue weighted by molar-refractivity contribution is -0.141. The lowest BCUT2D eigenvalue weighted by atomic mass is 10.0. The summed E-state index contributed by atoms with van der Waals surface area (Å²) in [5.41, 5.74) is 9.43. The fraction of sp³-hybridized carbons (Fsp3) is 0.276. The highest BCUT2D eigenvalue weighted by molar-refractivity contribution is 6.30. The lowest BCUT2D eigenvalue weighted by Gasteiger charge is -2.22. The van der Waals surface area contributed by atoms with Gasteiger partial charge in [0.15, 0.2) is 0 Å². The molecule has 4 aromatic rings. The number of nitrogen functional groups attached to an aromatic ring is 1. The van der Waals surface area contributed by atoms with Gasteiger partial charge in [-0.15, -0.1) is 0 Å². The topological polar surface area (TPSA) is 178 Å². The van der Waals surface area contributed by atoms with E-state index in [0.717, 1.165) is 0 Å². The molecule has 2 amide bonds. The first-order valence-corrected chi connectivity index (χ1v) is 13.9. The van der Waals surface area contributed by atoms with E-state index in [4.69, 9.17) is 31.8 Å². The molecule has 0 spiro atoms. The summed E-state index contributed by atoms with van der Waals surface area (Å²) < 4.78 is 11.2. The number of amides is 2. The van der Waals surface area contributed by atoms with Crippen LogP contribution < -0.4 is 21.7 Å². The summed E-state index contributed by atoms with van der Waals surface area (Å²) >= 11 is 6.12. The van der Waals surface area contributed by atoms with Gasteiger partial charge < -0.3 is 30.8 Å². The molecule has 2 atom stereocenters. The minimum Gasteiger partial charge on any atom is -0.467 e. The number of methoxy groups -OCH3 is 2. The number of hydrogen-bond donors (Lipinski definition) is 5.